The van der Waals surface area contributed by atoms with E-state index < -0.39 is 0 Å². The fourth-order valence-corrected chi connectivity index (χ4v) is 3.97. The first kappa shape index (κ1) is 21.9. The summed E-state index contributed by atoms with van der Waals surface area (Å²) in [5.74, 6) is -0.431. The third kappa shape index (κ3) is 5.67. The van der Waals surface area contributed by atoms with Crippen LogP contribution < -0.4 is 0 Å². The molecule has 1 aliphatic rings. The van der Waals surface area contributed by atoms with Crippen molar-refractivity contribution in [2.24, 2.45) is 0 Å². The number of fused-ring (bicyclic) bond motifs is 1. The average molecular weight is 427 g/mol. The van der Waals surface area contributed by atoms with Crippen LogP contribution in [0.5, 0.6) is 0 Å². The summed E-state index contributed by atoms with van der Waals surface area (Å²) in [7, 11) is 0. The van der Waals surface area contributed by atoms with Crippen LogP contribution in [-0.2, 0) is 33.5 Å². The molecular formula is C26H28F2O3. The number of halogens is 2. The Morgan fingerprint density at radius 1 is 0.871 bits per heavy atom. The van der Waals surface area contributed by atoms with Crippen molar-refractivity contribution in [3.8, 4) is 0 Å². The Morgan fingerprint density at radius 3 is 2.35 bits per heavy atom. The lowest BCUT2D eigenvalue weighted by atomic mass is 9.98. The Kier molecular flexibility index (Phi) is 7.28. The number of ether oxygens (including phenoxy) is 3. The molecule has 3 aromatic carbocycles. The van der Waals surface area contributed by atoms with E-state index in [9.17, 15) is 4.39 Å². The maximum atomic E-state index is 15.0. The molecular weight excluding hydrogens is 398 g/mol. The predicted molar refractivity (Wildman–Crippen MR) is 117 cm³/mol. The quantitative estimate of drug-likeness (QED) is 0.468. The summed E-state index contributed by atoms with van der Waals surface area (Å²) in [6.45, 7) is 3.73. The van der Waals surface area contributed by atoms with Gasteiger partial charge in [-0.1, -0.05) is 42.5 Å². The van der Waals surface area contributed by atoms with Crippen LogP contribution in [0.2, 0.25) is 0 Å². The maximum absolute atomic E-state index is 15.0. The average Bonchev–Trinajstić information content (AvgIpc) is 2.79. The zero-order valence-corrected chi connectivity index (χ0v) is 17.8. The molecule has 0 spiro atoms. The van der Waals surface area contributed by atoms with E-state index in [1.54, 1.807) is 12.1 Å². The highest BCUT2D eigenvalue weighted by Crippen LogP contribution is 2.25. The smallest absolute Gasteiger partial charge is 0.158 e. The highest BCUT2D eigenvalue weighted by Gasteiger charge is 2.22. The van der Waals surface area contributed by atoms with Crippen LogP contribution in [0.3, 0.4) is 0 Å². The summed E-state index contributed by atoms with van der Waals surface area (Å²) < 4.78 is 45.0. The van der Waals surface area contributed by atoms with Crippen LogP contribution in [0.25, 0.3) is 10.8 Å². The zero-order valence-electron chi connectivity index (χ0n) is 17.8. The number of benzene rings is 3. The SMILES string of the molecule is CCOC1COC(CCc2ccc3c(F)c(CCc4ccc(F)cc4)ccc3c2)OC1. The molecule has 0 unspecified atom stereocenters. The second-order valence-electron chi connectivity index (χ2n) is 7.93. The third-order valence-corrected chi connectivity index (χ3v) is 5.70. The largest absolute Gasteiger partial charge is 0.374 e. The second kappa shape index (κ2) is 10.3. The van der Waals surface area contributed by atoms with Gasteiger partial charge in [0.15, 0.2) is 6.29 Å². The lowest BCUT2D eigenvalue weighted by Crippen LogP contribution is -2.37. The molecule has 0 N–H and O–H groups in total. The van der Waals surface area contributed by atoms with Gasteiger partial charge in [0, 0.05) is 18.4 Å². The van der Waals surface area contributed by atoms with Gasteiger partial charge in [0.1, 0.15) is 17.7 Å². The Balaban J connectivity index is 1.36. The van der Waals surface area contributed by atoms with Gasteiger partial charge in [-0.15, -0.1) is 0 Å². The molecule has 0 atom stereocenters. The topological polar surface area (TPSA) is 27.7 Å². The molecule has 3 nitrogen and oxygen atoms in total. The van der Waals surface area contributed by atoms with Crippen LogP contribution >= 0.6 is 0 Å². The summed E-state index contributed by atoms with van der Waals surface area (Å²) in [5.41, 5.74) is 2.80. The van der Waals surface area contributed by atoms with Crippen molar-refractivity contribution in [2.75, 3.05) is 19.8 Å². The highest BCUT2D eigenvalue weighted by molar-refractivity contribution is 5.84. The Labute approximate surface area is 181 Å². The van der Waals surface area contributed by atoms with E-state index >= 15 is 4.39 Å². The Morgan fingerprint density at radius 2 is 1.61 bits per heavy atom. The normalized spacial score (nSPS) is 19.1. The molecule has 1 saturated heterocycles. The van der Waals surface area contributed by atoms with Gasteiger partial charge < -0.3 is 14.2 Å². The monoisotopic (exact) mass is 426 g/mol. The molecule has 1 aliphatic heterocycles. The van der Waals surface area contributed by atoms with Gasteiger partial charge in [-0.25, -0.2) is 8.78 Å². The molecule has 0 radical (unpaired) electrons. The summed E-state index contributed by atoms with van der Waals surface area (Å²) >= 11 is 0. The summed E-state index contributed by atoms with van der Waals surface area (Å²) in [6, 6.07) is 16.1. The number of aryl methyl sites for hydroxylation is 3. The first-order valence-electron chi connectivity index (χ1n) is 10.9. The lowest BCUT2D eigenvalue weighted by molar-refractivity contribution is -0.227. The summed E-state index contributed by atoms with van der Waals surface area (Å²) in [5, 5.41) is 1.52. The zero-order chi connectivity index (χ0) is 21.6. The van der Waals surface area contributed by atoms with Gasteiger partial charge in [0.05, 0.1) is 13.2 Å². The minimum absolute atomic E-state index is 0.0159. The molecule has 0 aromatic heterocycles. The number of hydrogen-bond acceptors (Lipinski definition) is 3. The van der Waals surface area contributed by atoms with E-state index in [2.05, 4.69) is 0 Å². The van der Waals surface area contributed by atoms with Gasteiger partial charge in [-0.3, -0.25) is 0 Å². The first-order chi connectivity index (χ1) is 15.1. The second-order valence-corrected chi connectivity index (χ2v) is 7.93. The van der Waals surface area contributed by atoms with Gasteiger partial charge in [0.2, 0.25) is 0 Å². The molecule has 3 aromatic rings. The van der Waals surface area contributed by atoms with E-state index in [4.69, 9.17) is 14.2 Å². The lowest BCUT2D eigenvalue weighted by Gasteiger charge is -2.29. The first-order valence-corrected chi connectivity index (χ1v) is 10.9. The molecule has 1 fully saturated rings. The fraction of sp³-hybridized carbons (Fsp3) is 0.385. The van der Waals surface area contributed by atoms with E-state index in [1.165, 1.54) is 12.1 Å². The van der Waals surface area contributed by atoms with Gasteiger partial charge in [-0.2, -0.15) is 0 Å². The molecule has 0 saturated carbocycles. The molecule has 164 valence electrons. The van der Waals surface area contributed by atoms with E-state index in [1.807, 2.05) is 37.3 Å². The predicted octanol–water partition coefficient (Wildman–Crippen LogP) is 5.61. The van der Waals surface area contributed by atoms with Crippen LogP contribution in [-0.4, -0.2) is 32.2 Å². The van der Waals surface area contributed by atoms with Crippen molar-refractivity contribution in [3.05, 3.63) is 82.9 Å². The molecule has 1 heterocycles. The van der Waals surface area contributed by atoms with Crippen LogP contribution in [0.1, 0.15) is 30.0 Å². The molecule has 0 amide bonds. The minimum atomic E-state index is -0.257. The number of hydrogen-bond donors (Lipinski definition) is 0. The summed E-state index contributed by atoms with van der Waals surface area (Å²) in [4.78, 5) is 0. The molecule has 0 bridgehead atoms. The Bertz CT molecular complexity index is 995. The van der Waals surface area contributed by atoms with Crippen molar-refractivity contribution < 1.29 is 23.0 Å². The van der Waals surface area contributed by atoms with Crippen LogP contribution in [0.15, 0.2) is 54.6 Å². The van der Waals surface area contributed by atoms with Crippen LogP contribution in [0, 0.1) is 11.6 Å². The summed E-state index contributed by atoms with van der Waals surface area (Å²) in [6.07, 6.45) is 2.59. The van der Waals surface area contributed by atoms with E-state index in [0.29, 0.717) is 43.6 Å². The van der Waals surface area contributed by atoms with E-state index in [-0.39, 0.29) is 24.0 Å². The molecule has 5 heteroatoms. The Hall–Kier alpha value is -2.34. The standard InChI is InChI=1S/C26H28F2O3/c1-2-29-23-16-30-25(31-17-23)14-7-19-6-13-24-21(15-19)10-9-20(26(24)28)8-3-18-4-11-22(27)12-5-18/h4-6,9-13,15,23,25H,2-3,7-8,14,16-17H2,1H3. The fourth-order valence-electron chi connectivity index (χ4n) is 3.97. The van der Waals surface area contributed by atoms with Crippen molar-refractivity contribution in [1.29, 1.82) is 0 Å². The van der Waals surface area contributed by atoms with Gasteiger partial charge in [-0.05, 0) is 60.4 Å². The van der Waals surface area contributed by atoms with Crippen molar-refractivity contribution >= 4 is 10.8 Å². The molecule has 4 rings (SSSR count). The van der Waals surface area contributed by atoms with Gasteiger partial charge >= 0.3 is 0 Å². The maximum Gasteiger partial charge on any atom is 0.158 e. The van der Waals surface area contributed by atoms with Crippen molar-refractivity contribution in [3.63, 3.8) is 0 Å². The minimum Gasteiger partial charge on any atom is -0.374 e. The number of rotatable bonds is 8. The highest BCUT2D eigenvalue weighted by atomic mass is 19.1. The molecule has 0 aliphatic carbocycles. The molecule has 31 heavy (non-hydrogen) atoms. The van der Waals surface area contributed by atoms with Crippen molar-refractivity contribution in [2.45, 2.75) is 45.0 Å². The van der Waals surface area contributed by atoms with E-state index in [0.717, 1.165) is 29.4 Å². The van der Waals surface area contributed by atoms with Crippen molar-refractivity contribution in [1.82, 2.24) is 0 Å². The van der Waals surface area contributed by atoms with Gasteiger partial charge in [0.25, 0.3) is 0 Å². The third-order valence-electron chi connectivity index (χ3n) is 5.70. The van der Waals surface area contributed by atoms with Crippen LogP contribution in [0.4, 0.5) is 8.78 Å².